The van der Waals surface area contributed by atoms with Gasteiger partial charge in [0.05, 0.1) is 0 Å². The van der Waals surface area contributed by atoms with Gasteiger partial charge in [-0.25, -0.2) is 0 Å². The van der Waals surface area contributed by atoms with Crippen LogP contribution in [0.4, 0.5) is 0 Å². The second-order valence-corrected chi connectivity index (χ2v) is 7.35. The molecule has 2 aliphatic rings. The van der Waals surface area contributed by atoms with Gasteiger partial charge in [0.1, 0.15) is 0 Å². The molecule has 156 valence electrons. The molecule has 1 fully saturated rings. The number of hydrogen-bond donors (Lipinski definition) is 1. The molecule has 0 spiro atoms. The molecule has 5 rings (SSSR count). The summed E-state index contributed by atoms with van der Waals surface area (Å²) in [5.41, 5.74) is 2.32. The van der Waals surface area contributed by atoms with Crippen molar-refractivity contribution >= 4 is 29.2 Å². The van der Waals surface area contributed by atoms with E-state index in [4.69, 9.17) is 9.47 Å². The van der Waals surface area contributed by atoms with Crippen molar-refractivity contribution in [2.75, 3.05) is 33.0 Å². The highest BCUT2D eigenvalue weighted by Gasteiger charge is 2.24. The van der Waals surface area contributed by atoms with Crippen LogP contribution in [0.15, 0.2) is 53.3 Å². The van der Waals surface area contributed by atoms with Gasteiger partial charge in [-0.2, -0.15) is 0 Å². The summed E-state index contributed by atoms with van der Waals surface area (Å²) >= 11 is 0. The predicted molar refractivity (Wildman–Crippen MR) is 116 cm³/mol. The smallest absolute Gasteiger partial charge is 0.254 e. The van der Waals surface area contributed by atoms with Gasteiger partial charge in [0.25, 0.3) is 5.91 Å². The predicted octanol–water partition coefficient (Wildman–Crippen LogP) is 2.64. The van der Waals surface area contributed by atoms with Gasteiger partial charge in [-0.1, -0.05) is 12.1 Å². The van der Waals surface area contributed by atoms with Crippen LogP contribution in [0.25, 0.3) is 10.9 Å². The zero-order valence-electron chi connectivity index (χ0n) is 16.3. The number of pyridine rings is 1. The number of benzene rings is 2. The Balaban J connectivity index is 0.00000218. The van der Waals surface area contributed by atoms with Crippen LogP contribution < -0.4 is 15.0 Å². The molecule has 8 heteroatoms. The topological polar surface area (TPSA) is 74.9 Å². The Hall–Kier alpha value is -3.03. The third-order valence-corrected chi connectivity index (χ3v) is 5.50. The van der Waals surface area contributed by atoms with Crippen molar-refractivity contribution in [3.8, 4) is 11.5 Å². The zero-order chi connectivity index (χ0) is 19.8. The first-order valence-corrected chi connectivity index (χ1v) is 9.69. The van der Waals surface area contributed by atoms with E-state index in [9.17, 15) is 9.59 Å². The van der Waals surface area contributed by atoms with E-state index in [0.717, 1.165) is 36.5 Å². The Kier molecular flexibility index (Phi) is 5.65. The summed E-state index contributed by atoms with van der Waals surface area (Å²) in [5, 5.41) is 0.778. The highest BCUT2D eigenvalue weighted by atomic mass is 35.5. The summed E-state index contributed by atoms with van der Waals surface area (Å²) in [6.07, 6.45) is 0. The Morgan fingerprint density at radius 3 is 2.60 bits per heavy atom. The molecule has 0 saturated carbocycles. The van der Waals surface area contributed by atoms with E-state index >= 15 is 0 Å². The molecule has 2 aliphatic heterocycles. The third kappa shape index (κ3) is 3.86. The molecule has 3 heterocycles. The Morgan fingerprint density at radius 1 is 0.967 bits per heavy atom. The minimum absolute atomic E-state index is 0. The minimum atomic E-state index is -0.167. The fourth-order valence-corrected chi connectivity index (χ4v) is 3.95. The van der Waals surface area contributed by atoms with Crippen LogP contribution in [-0.2, 0) is 6.54 Å². The molecule has 1 saturated heterocycles. The fraction of sp³-hybridized carbons (Fsp3) is 0.273. The van der Waals surface area contributed by atoms with Crippen LogP contribution >= 0.6 is 12.4 Å². The van der Waals surface area contributed by atoms with Crippen LogP contribution in [0.3, 0.4) is 0 Å². The average Bonchev–Trinajstić information content (AvgIpc) is 3.21. The highest BCUT2D eigenvalue weighted by molar-refractivity contribution is 6.06. The lowest BCUT2D eigenvalue weighted by molar-refractivity contribution is 0.0630. The first-order valence-electron chi connectivity index (χ1n) is 9.69. The number of carbonyl (C=O) groups excluding carboxylic acids is 1. The number of nitrogens with one attached hydrogen (secondary N) is 1. The van der Waals surface area contributed by atoms with E-state index in [2.05, 4.69) is 16.0 Å². The van der Waals surface area contributed by atoms with E-state index in [1.165, 1.54) is 11.6 Å². The van der Waals surface area contributed by atoms with Crippen LogP contribution in [0.1, 0.15) is 15.9 Å². The van der Waals surface area contributed by atoms with Gasteiger partial charge in [-0.15, -0.1) is 12.4 Å². The summed E-state index contributed by atoms with van der Waals surface area (Å²) in [5.74, 6) is 1.59. The number of fused-ring (bicyclic) bond motifs is 2. The van der Waals surface area contributed by atoms with Gasteiger partial charge in [0.15, 0.2) is 11.5 Å². The number of amides is 1. The maximum absolute atomic E-state index is 13.1. The summed E-state index contributed by atoms with van der Waals surface area (Å²) < 4.78 is 10.8. The molecule has 0 radical (unpaired) electrons. The SMILES string of the molecule is Cl.O=C(c1cccc2[nH]c(=O)ccc12)N1CCN(Cc2ccc3c(c2)OCO3)CC1. The number of hydrogen-bond acceptors (Lipinski definition) is 5. The molecule has 1 N–H and O–H groups in total. The summed E-state index contributed by atoms with van der Waals surface area (Å²) in [7, 11) is 0. The van der Waals surface area contributed by atoms with Gasteiger partial charge >= 0.3 is 0 Å². The van der Waals surface area contributed by atoms with Crippen molar-refractivity contribution in [1.29, 1.82) is 0 Å². The van der Waals surface area contributed by atoms with E-state index in [1.54, 1.807) is 12.1 Å². The van der Waals surface area contributed by atoms with E-state index in [-0.39, 0.29) is 30.7 Å². The number of H-pyrrole nitrogens is 1. The van der Waals surface area contributed by atoms with E-state index in [1.807, 2.05) is 29.2 Å². The van der Waals surface area contributed by atoms with Gasteiger partial charge in [0, 0.05) is 55.3 Å². The van der Waals surface area contributed by atoms with Crippen LogP contribution in [0, 0.1) is 0 Å². The lowest BCUT2D eigenvalue weighted by atomic mass is 10.1. The van der Waals surface area contributed by atoms with E-state index < -0.39 is 0 Å². The number of aromatic nitrogens is 1. The van der Waals surface area contributed by atoms with E-state index in [0.29, 0.717) is 24.2 Å². The highest BCUT2D eigenvalue weighted by Crippen LogP contribution is 2.32. The van der Waals surface area contributed by atoms with Crippen molar-refractivity contribution < 1.29 is 14.3 Å². The number of aromatic amines is 1. The number of nitrogens with zero attached hydrogens (tertiary/aromatic N) is 2. The molecule has 1 aromatic heterocycles. The molecule has 2 aromatic carbocycles. The molecule has 7 nitrogen and oxygen atoms in total. The van der Waals surface area contributed by atoms with Gasteiger partial charge < -0.3 is 19.4 Å². The molecule has 0 bridgehead atoms. The number of carbonyl (C=O) groups is 1. The molecular weight excluding hydrogens is 406 g/mol. The Labute approximate surface area is 179 Å². The second-order valence-electron chi connectivity index (χ2n) is 7.35. The summed E-state index contributed by atoms with van der Waals surface area (Å²) in [4.78, 5) is 31.6. The third-order valence-electron chi connectivity index (χ3n) is 5.50. The van der Waals surface area contributed by atoms with Crippen molar-refractivity contribution in [2.45, 2.75) is 6.54 Å². The number of ether oxygens (including phenoxy) is 2. The minimum Gasteiger partial charge on any atom is -0.454 e. The number of piperazine rings is 1. The largest absolute Gasteiger partial charge is 0.454 e. The normalized spacial score (nSPS) is 15.8. The molecule has 0 unspecified atom stereocenters. The molecule has 1 amide bonds. The summed E-state index contributed by atoms with van der Waals surface area (Å²) in [6.45, 7) is 4.05. The maximum atomic E-state index is 13.1. The maximum Gasteiger partial charge on any atom is 0.254 e. The second kappa shape index (κ2) is 8.38. The van der Waals surface area contributed by atoms with Crippen LogP contribution in [0.5, 0.6) is 11.5 Å². The van der Waals surface area contributed by atoms with Crippen molar-refractivity contribution in [3.05, 3.63) is 70.0 Å². The van der Waals surface area contributed by atoms with Crippen molar-refractivity contribution in [1.82, 2.24) is 14.8 Å². The quantitative estimate of drug-likeness (QED) is 0.695. The fourth-order valence-electron chi connectivity index (χ4n) is 3.95. The van der Waals surface area contributed by atoms with Crippen molar-refractivity contribution in [2.24, 2.45) is 0 Å². The van der Waals surface area contributed by atoms with Crippen molar-refractivity contribution in [3.63, 3.8) is 0 Å². The standard InChI is InChI=1S/C22H21N3O4.ClH/c26-21-7-5-16-17(2-1-3-18(16)23-21)22(27)25-10-8-24(9-11-25)13-15-4-6-19-20(12-15)29-14-28-19;/h1-7,12H,8-11,13-14H2,(H,23,26);1H. The number of rotatable bonds is 3. The lowest BCUT2D eigenvalue weighted by Gasteiger charge is -2.35. The lowest BCUT2D eigenvalue weighted by Crippen LogP contribution is -2.48. The van der Waals surface area contributed by atoms with Crippen LogP contribution in [-0.4, -0.2) is 53.7 Å². The molecule has 0 aliphatic carbocycles. The molecular formula is C22H22ClN3O4. The first-order chi connectivity index (χ1) is 14.2. The molecule has 3 aromatic rings. The van der Waals surface area contributed by atoms with Gasteiger partial charge in [0.2, 0.25) is 12.4 Å². The Morgan fingerprint density at radius 2 is 1.77 bits per heavy atom. The first kappa shape index (κ1) is 20.3. The monoisotopic (exact) mass is 427 g/mol. The molecule has 30 heavy (non-hydrogen) atoms. The molecule has 0 atom stereocenters. The van der Waals surface area contributed by atoms with Crippen LogP contribution in [0.2, 0.25) is 0 Å². The Bertz CT molecular complexity index is 1140. The van der Waals surface area contributed by atoms with Gasteiger partial charge in [-0.3, -0.25) is 14.5 Å². The van der Waals surface area contributed by atoms with Gasteiger partial charge in [-0.05, 0) is 35.9 Å². The average molecular weight is 428 g/mol. The number of halogens is 1. The summed E-state index contributed by atoms with van der Waals surface area (Å²) in [6, 6.07) is 14.7. The zero-order valence-corrected chi connectivity index (χ0v) is 17.1.